The third-order valence-corrected chi connectivity index (χ3v) is 13.0. The molecule has 7 rings (SSSR count). The first-order valence-electron chi connectivity index (χ1n) is 24.1. The van der Waals surface area contributed by atoms with Crippen LogP contribution in [-0.4, -0.2) is 124 Å². The highest BCUT2D eigenvalue weighted by Crippen LogP contribution is 2.39. The average Bonchev–Trinajstić information content (AvgIpc) is 4.19. The highest BCUT2D eigenvalue weighted by Gasteiger charge is 2.34. The lowest BCUT2D eigenvalue weighted by atomic mass is 9.94. The van der Waals surface area contributed by atoms with E-state index < -0.39 is 70.5 Å². The van der Waals surface area contributed by atoms with Crippen molar-refractivity contribution >= 4 is 39.7 Å². The first-order valence-corrected chi connectivity index (χ1v) is 25.6. The van der Waals surface area contributed by atoms with Gasteiger partial charge in [0.05, 0.1) is 23.1 Å². The summed E-state index contributed by atoms with van der Waals surface area (Å²) in [4.78, 5) is 79.9. The number of hydrogen-bond acceptors (Lipinski definition) is 15. The molecule has 1 saturated heterocycles. The van der Waals surface area contributed by atoms with Crippen LogP contribution >= 0.6 is 0 Å². The van der Waals surface area contributed by atoms with Gasteiger partial charge in [-0.3, -0.25) is 24.0 Å². The van der Waals surface area contributed by atoms with Gasteiger partial charge in [-0.1, -0.05) is 18.6 Å². The summed E-state index contributed by atoms with van der Waals surface area (Å²) in [5, 5.41) is 21.9. The second-order valence-electron chi connectivity index (χ2n) is 18.1. The van der Waals surface area contributed by atoms with E-state index in [1.54, 1.807) is 44.2 Å². The molecule has 5 atom stereocenters. The molecule has 0 spiro atoms. The summed E-state index contributed by atoms with van der Waals surface area (Å²) in [5.74, 6) is -2.13. The van der Waals surface area contributed by atoms with Crippen LogP contribution in [0.1, 0.15) is 77.9 Å². The maximum absolute atomic E-state index is 14.6. The standard InChI is InChI=1S/C49H64N12O10S/c1-27-42(28(2)57-44(56-27)31-10-13-35(14-11-31)71-34-7-5-4-6-8-34)48(65)60-39(26-55-72(52,67)68)47(64)61-43-32-12-16-41(70-20-18-51)37(23-32)36-21-30(9-15-40(36)69-19-17-50)22-38(46(63)54-25-33-24-53-33)59-45(62)29(3)58-49(43)66/h9-16,21,23,29,33-34,38-39,43,53,55H,4-8,17-20,22,24-26,50-51H2,1-3H3,(H,54,63)(H,58,66)(H,59,62)(H,60,65)(H,61,64)(H2,52,67,68)/t29-,33?,38-,39-,43-/m0/s1. The number of fused-ring (bicyclic) bond motifs is 5. The molecule has 1 aliphatic carbocycles. The van der Waals surface area contributed by atoms with E-state index >= 15 is 0 Å². The van der Waals surface area contributed by atoms with Crippen LogP contribution in [0.3, 0.4) is 0 Å². The Morgan fingerprint density at radius 1 is 0.847 bits per heavy atom. The van der Waals surface area contributed by atoms with E-state index in [2.05, 4.69) is 46.6 Å². The zero-order chi connectivity index (χ0) is 51.5. The van der Waals surface area contributed by atoms with Gasteiger partial charge in [-0.05, 0) is 106 Å². The Kier molecular flexibility index (Phi) is 17.8. The van der Waals surface area contributed by atoms with Crippen LogP contribution < -0.4 is 67.4 Å². The van der Waals surface area contributed by atoms with Crippen LogP contribution in [0.4, 0.5) is 0 Å². The zero-order valence-electron chi connectivity index (χ0n) is 40.5. The molecule has 386 valence electrons. The summed E-state index contributed by atoms with van der Waals surface area (Å²) in [6, 6.07) is 11.7. The first kappa shape index (κ1) is 53.0. The molecule has 1 unspecified atom stereocenters. The van der Waals surface area contributed by atoms with Gasteiger partial charge in [0.15, 0.2) is 5.82 Å². The highest BCUT2D eigenvalue weighted by molar-refractivity contribution is 7.87. The van der Waals surface area contributed by atoms with E-state index in [4.69, 9.17) is 30.8 Å². The number of carbonyl (C=O) groups excluding carboxylic acids is 5. The molecule has 3 aliphatic rings. The van der Waals surface area contributed by atoms with E-state index in [9.17, 15) is 32.4 Å². The van der Waals surface area contributed by atoms with Gasteiger partial charge < -0.3 is 57.6 Å². The van der Waals surface area contributed by atoms with Gasteiger partial charge in [0.2, 0.25) is 23.6 Å². The SMILES string of the molecule is Cc1nc(-c2ccc(OC3CCCCC3)cc2)nc(C)c1C(=O)N[C@@H](CNS(N)(=O)=O)C(=O)N[C@@H]1C(=O)N[C@@H](C)C(=O)N[C@H](C(=O)NCC2CN2)Cc2ccc(OCCN)c(c2)-c2cc1ccc2OCCN. The maximum atomic E-state index is 14.6. The Morgan fingerprint density at radius 2 is 1.49 bits per heavy atom. The highest BCUT2D eigenvalue weighted by atomic mass is 32.2. The van der Waals surface area contributed by atoms with Crippen LogP contribution in [0.25, 0.3) is 22.5 Å². The van der Waals surface area contributed by atoms with Gasteiger partial charge in [0.1, 0.15) is 54.6 Å². The number of nitrogens with zero attached hydrogens (tertiary/aromatic N) is 2. The molecule has 4 aromatic rings. The minimum atomic E-state index is -4.43. The number of amides is 5. The van der Waals surface area contributed by atoms with Crippen molar-refractivity contribution in [2.24, 2.45) is 16.6 Å². The topological polar surface area (TPSA) is 345 Å². The fourth-order valence-electron chi connectivity index (χ4n) is 8.53. The predicted molar refractivity (Wildman–Crippen MR) is 267 cm³/mol. The molecule has 4 bridgehead atoms. The minimum Gasteiger partial charge on any atom is -0.492 e. The molecular formula is C49H64N12O10S. The lowest BCUT2D eigenvalue weighted by Crippen LogP contribution is -2.57. The Morgan fingerprint density at radius 3 is 2.11 bits per heavy atom. The van der Waals surface area contributed by atoms with Crippen molar-refractivity contribution < 1.29 is 46.6 Å². The molecule has 2 fully saturated rings. The first-order chi connectivity index (χ1) is 34.5. The van der Waals surface area contributed by atoms with Crippen molar-refractivity contribution in [1.82, 2.24) is 46.6 Å². The van der Waals surface area contributed by atoms with Gasteiger partial charge in [-0.15, -0.1) is 0 Å². The molecule has 1 aromatic heterocycles. The van der Waals surface area contributed by atoms with Crippen LogP contribution in [0.5, 0.6) is 17.2 Å². The Balaban J connectivity index is 1.21. The van der Waals surface area contributed by atoms with Gasteiger partial charge in [0.25, 0.3) is 16.1 Å². The van der Waals surface area contributed by atoms with Crippen molar-refractivity contribution in [3.63, 3.8) is 0 Å². The summed E-state index contributed by atoms with van der Waals surface area (Å²) in [5.41, 5.74) is 14.6. The lowest BCUT2D eigenvalue weighted by molar-refractivity contribution is -0.133. The molecule has 3 aromatic carbocycles. The molecule has 5 amide bonds. The van der Waals surface area contributed by atoms with Gasteiger partial charge in [-0.25, -0.2) is 15.1 Å². The molecular weight excluding hydrogens is 949 g/mol. The van der Waals surface area contributed by atoms with E-state index in [1.165, 1.54) is 19.4 Å². The molecule has 23 heteroatoms. The number of aromatic nitrogens is 2. The van der Waals surface area contributed by atoms with Crippen LogP contribution in [0, 0.1) is 13.8 Å². The Bertz CT molecular complexity index is 2710. The molecule has 2 aliphatic heterocycles. The molecule has 0 radical (unpaired) electrons. The quantitative estimate of drug-likeness (QED) is 0.0561. The maximum Gasteiger partial charge on any atom is 0.274 e. The minimum absolute atomic E-state index is 0.0174. The van der Waals surface area contributed by atoms with E-state index in [0.29, 0.717) is 46.1 Å². The smallest absolute Gasteiger partial charge is 0.274 e. The third kappa shape index (κ3) is 14.2. The van der Waals surface area contributed by atoms with Crippen molar-refractivity contribution in [3.05, 3.63) is 88.7 Å². The van der Waals surface area contributed by atoms with Gasteiger partial charge in [-0.2, -0.15) is 13.1 Å². The van der Waals surface area contributed by atoms with Gasteiger partial charge >= 0.3 is 0 Å². The number of nitrogens with two attached hydrogens (primary N) is 3. The van der Waals surface area contributed by atoms with E-state index in [1.807, 2.05) is 24.3 Å². The van der Waals surface area contributed by atoms with Crippen LogP contribution in [-0.2, 0) is 35.8 Å². The summed E-state index contributed by atoms with van der Waals surface area (Å²) in [6.45, 7) is 5.50. The molecule has 13 N–H and O–H groups in total. The number of ether oxygens (including phenoxy) is 3. The normalized spacial score (nSPS) is 19.6. The molecule has 22 nitrogen and oxygen atoms in total. The number of nitrogens with one attached hydrogen (secondary N) is 7. The summed E-state index contributed by atoms with van der Waals surface area (Å²) >= 11 is 0. The number of carbonyl (C=O) groups is 5. The number of aryl methyl sites for hydroxylation is 2. The summed E-state index contributed by atoms with van der Waals surface area (Å²) < 4.78 is 44.9. The largest absolute Gasteiger partial charge is 0.492 e. The fourth-order valence-corrected chi connectivity index (χ4v) is 8.93. The van der Waals surface area contributed by atoms with E-state index in [0.717, 1.165) is 38.0 Å². The van der Waals surface area contributed by atoms with Crippen LogP contribution in [0.15, 0.2) is 60.7 Å². The monoisotopic (exact) mass is 1010 g/mol. The zero-order valence-corrected chi connectivity index (χ0v) is 41.4. The average molecular weight is 1010 g/mol. The van der Waals surface area contributed by atoms with Crippen molar-refractivity contribution in [2.45, 2.75) is 95.6 Å². The number of rotatable bonds is 19. The Labute approximate surface area is 418 Å². The molecule has 72 heavy (non-hydrogen) atoms. The number of hydrogen-bond donors (Lipinski definition) is 10. The van der Waals surface area contributed by atoms with Crippen LogP contribution in [0.2, 0.25) is 0 Å². The van der Waals surface area contributed by atoms with Crippen molar-refractivity contribution in [3.8, 4) is 39.8 Å². The summed E-state index contributed by atoms with van der Waals surface area (Å²) in [6.07, 6.45) is 5.72. The fraction of sp³-hybridized carbons (Fsp3) is 0.449. The van der Waals surface area contributed by atoms with Crippen molar-refractivity contribution in [2.75, 3.05) is 45.9 Å². The molecule has 1 saturated carbocycles. The second-order valence-corrected chi connectivity index (χ2v) is 19.4. The number of benzene rings is 3. The summed E-state index contributed by atoms with van der Waals surface area (Å²) in [7, 11) is -4.43. The second kappa shape index (κ2) is 24.1. The lowest BCUT2D eigenvalue weighted by Gasteiger charge is -2.27. The predicted octanol–water partition coefficient (Wildman–Crippen LogP) is 0.197. The van der Waals surface area contributed by atoms with Gasteiger partial charge in [0, 0.05) is 61.9 Å². The Hall–Kier alpha value is -6.76. The molecule has 3 heterocycles. The van der Waals surface area contributed by atoms with E-state index in [-0.39, 0.29) is 67.4 Å². The third-order valence-electron chi connectivity index (χ3n) is 12.4. The van der Waals surface area contributed by atoms with Crippen molar-refractivity contribution in [1.29, 1.82) is 0 Å².